The summed E-state index contributed by atoms with van der Waals surface area (Å²) in [7, 11) is 0. The molecule has 3 aromatic rings. The molecule has 31 heavy (non-hydrogen) atoms. The summed E-state index contributed by atoms with van der Waals surface area (Å²) in [5.74, 6) is -0.608. The Morgan fingerprint density at radius 2 is 1.94 bits per heavy atom. The fraction of sp³-hybridized carbons (Fsp3) is 0.458. The molecule has 1 aliphatic carbocycles. The first-order chi connectivity index (χ1) is 15.1. The van der Waals surface area contributed by atoms with E-state index in [9.17, 15) is 9.90 Å². The van der Waals surface area contributed by atoms with Crippen LogP contribution in [-0.4, -0.2) is 51.1 Å². The van der Waals surface area contributed by atoms with Crippen molar-refractivity contribution in [2.75, 3.05) is 24.6 Å². The SMILES string of the molecule is O=C(O)c1cc(N2CC3(CCCCO3)C2)c2c(C3CCC3)nn(-c3ccccc3)c2n1. The molecule has 0 unspecified atom stereocenters. The van der Waals surface area contributed by atoms with Gasteiger partial charge in [-0.05, 0) is 50.3 Å². The zero-order chi connectivity index (χ0) is 21.0. The van der Waals surface area contributed by atoms with Gasteiger partial charge in [-0.15, -0.1) is 0 Å². The summed E-state index contributed by atoms with van der Waals surface area (Å²) in [5, 5.41) is 15.8. The molecule has 1 saturated carbocycles. The number of carboxylic acid groups (broad SMARTS) is 1. The number of nitrogens with zero attached hydrogens (tertiary/aromatic N) is 4. The van der Waals surface area contributed by atoms with Gasteiger partial charge in [-0.3, -0.25) is 0 Å². The van der Waals surface area contributed by atoms with Crippen LogP contribution >= 0.6 is 0 Å². The molecule has 1 aromatic carbocycles. The normalized spacial score (nSPS) is 20.6. The number of anilines is 1. The lowest BCUT2D eigenvalue weighted by Crippen LogP contribution is -2.64. The minimum atomic E-state index is -1.02. The molecule has 0 bridgehead atoms. The Bertz CT molecular complexity index is 1140. The average Bonchev–Trinajstić information content (AvgIpc) is 3.10. The molecule has 160 valence electrons. The van der Waals surface area contributed by atoms with Crippen molar-refractivity contribution in [2.45, 2.75) is 50.0 Å². The van der Waals surface area contributed by atoms with Gasteiger partial charge in [0.1, 0.15) is 5.60 Å². The molecule has 1 spiro atoms. The number of para-hydroxylation sites is 1. The molecule has 3 fully saturated rings. The van der Waals surface area contributed by atoms with Crippen LogP contribution < -0.4 is 4.90 Å². The number of fused-ring (bicyclic) bond motifs is 1. The van der Waals surface area contributed by atoms with Gasteiger partial charge >= 0.3 is 5.97 Å². The molecule has 2 aliphatic heterocycles. The molecule has 0 atom stereocenters. The highest BCUT2D eigenvalue weighted by Crippen LogP contribution is 2.45. The predicted molar refractivity (Wildman–Crippen MR) is 117 cm³/mol. The van der Waals surface area contributed by atoms with Crippen molar-refractivity contribution < 1.29 is 14.6 Å². The van der Waals surface area contributed by atoms with E-state index in [0.717, 1.165) is 67.8 Å². The fourth-order valence-electron chi connectivity index (χ4n) is 5.18. The van der Waals surface area contributed by atoms with E-state index in [4.69, 9.17) is 9.84 Å². The summed E-state index contributed by atoms with van der Waals surface area (Å²) in [4.78, 5) is 18.8. The van der Waals surface area contributed by atoms with Crippen LogP contribution in [0.2, 0.25) is 0 Å². The Morgan fingerprint density at radius 1 is 1.13 bits per heavy atom. The van der Waals surface area contributed by atoms with Gasteiger partial charge in [0.05, 0.1) is 22.5 Å². The van der Waals surface area contributed by atoms with E-state index in [0.29, 0.717) is 11.6 Å². The largest absolute Gasteiger partial charge is 0.477 e. The first kappa shape index (κ1) is 18.8. The first-order valence-electron chi connectivity index (χ1n) is 11.2. The molecular weight excluding hydrogens is 392 g/mol. The number of hydrogen-bond acceptors (Lipinski definition) is 5. The number of rotatable bonds is 4. The molecule has 0 radical (unpaired) electrons. The highest BCUT2D eigenvalue weighted by molar-refractivity contribution is 5.99. The van der Waals surface area contributed by atoms with Gasteiger partial charge in [0.2, 0.25) is 0 Å². The Morgan fingerprint density at radius 3 is 2.58 bits per heavy atom. The third kappa shape index (κ3) is 3.02. The third-order valence-electron chi connectivity index (χ3n) is 7.09. The summed E-state index contributed by atoms with van der Waals surface area (Å²) >= 11 is 0. The second kappa shape index (κ2) is 7.05. The van der Waals surface area contributed by atoms with E-state index in [-0.39, 0.29) is 11.3 Å². The number of benzene rings is 1. The molecular formula is C24H26N4O3. The van der Waals surface area contributed by atoms with E-state index in [2.05, 4.69) is 9.88 Å². The highest BCUT2D eigenvalue weighted by Gasteiger charge is 2.46. The maximum Gasteiger partial charge on any atom is 0.354 e. The van der Waals surface area contributed by atoms with E-state index in [1.54, 1.807) is 6.07 Å². The number of aromatic carboxylic acids is 1. The van der Waals surface area contributed by atoms with Crippen LogP contribution in [-0.2, 0) is 4.74 Å². The van der Waals surface area contributed by atoms with Crippen LogP contribution in [0.1, 0.15) is 60.6 Å². The van der Waals surface area contributed by atoms with Crippen molar-refractivity contribution in [3.63, 3.8) is 0 Å². The molecule has 4 heterocycles. The van der Waals surface area contributed by atoms with Gasteiger partial charge < -0.3 is 14.7 Å². The van der Waals surface area contributed by atoms with Gasteiger partial charge in [0.25, 0.3) is 0 Å². The number of pyridine rings is 1. The lowest BCUT2D eigenvalue weighted by atomic mass is 9.81. The molecule has 7 nitrogen and oxygen atoms in total. The van der Waals surface area contributed by atoms with Crippen molar-refractivity contribution in [3.8, 4) is 5.69 Å². The van der Waals surface area contributed by atoms with E-state index in [1.165, 1.54) is 12.8 Å². The highest BCUT2D eigenvalue weighted by atomic mass is 16.5. The Balaban J connectivity index is 1.52. The van der Waals surface area contributed by atoms with Crippen LogP contribution in [0.25, 0.3) is 16.7 Å². The second-order valence-electron chi connectivity index (χ2n) is 9.14. The van der Waals surface area contributed by atoms with Crippen LogP contribution in [0.4, 0.5) is 5.69 Å². The van der Waals surface area contributed by atoms with Gasteiger partial charge in [-0.25, -0.2) is 14.5 Å². The standard InChI is InChI=1S/C24H26N4O3/c29-23(30)18-13-19(27-14-24(15-27)11-4-5-12-31-24)20-21(16-7-6-8-16)26-28(22(20)25-18)17-9-2-1-3-10-17/h1-3,9-10,13,16H,4-8,11-12,14-15H2,(H,29,30). The molecule has 3 aliphatic rings. The zero-order valence-corrected chi connectivity index (χ0v) is 17.5. The second-order valence-corrected chi connectivity index (χ2v) is 9.14. The summed E-state index contributed by atoms with van der Waals surface area (Å²) in [5.41, 5.74) is 3.50. The van der Waals surface area contributed by atoms with E-state index in [1.807, 2.05) is 35.0 Å². The smallest absolute Gasteiger partial charge is 0.354 e. The van der Waals surface area contributed by atoms with Gasteiger partial charge in [-0.1, -0.05) is 24.6 Å². The van der Waals surface area contributed by atoms with Gasteiger partial charge in [0.15, 0.2) is 11.3 Å². The predicted octanol–water partition coefficient (Wildman–Crippen LogP) is 4.15. The Hall–Kier alpha value is -2.93. The summed E-state index contributed by atoms with van der Waals surface area (Å²) in [6.07, 6.45) is 6.84. The molecule has 1 N–H and O–H groups in total. The summed E-state index contributed by atoms with van der Waals surface area (Å²) < 4.78 is 7.96. The monoisotopic (exact) mass is 418 g/mol. The number of carbonyl (C=O) groups is 1. The first-order valence-corrected chi connectivity index (χ1v) is 11.2. The minimum absolute atomic E-state index is 0.0604. The topological polar surface area (TPSA) is 80.5 Å². The Labute approximate surface area is 180 Å². The number of carboxylic acids is 1. The number of aromatic nitrogens is 3. The van der Waals surface area contributed by atoms with Crippen molar-refractivity contribution in [3.05, 3.63) is 47.8 Å². The maximum absolute atomic E-state index is 11.9. The lowest BCUT2D eigenvalue weighted by molar-refractivity contribution is -0.0948. The summed E-state index contributed by atoms with van der Waals surface area (Å²) in [6, 6.07) is 11.6. The quantitative estimate of drug-likeness (QED) is 0.686. The van der Waals surface area contributed by atoms with E-state index < -0.39 is 5.97 Å². The number of hydrogen-bond donors (Lipinski definition) is 1. The molecule has 6 rings (SSSR count). The minimum Gasteiger partial charge on any atom is -0.477 e. The fourth-order valence-corrected chi connectivity index (χ4v) is 5.18. The summed E-state index contributed by atoms with van der Waals surface area (Å²) in [6.45, 7) is 2.41. The van der Waals surface area contributed by atoms with Crippen molar-refractivity contribution in [1.82, 2.24) is 14.8 Å². The van der Waals surface area contributed by atoms with Crippen molar-refractivity contribution in [2.24, 2.45) is 0 Å². The molecule has 7 heteroatoms. The Kier molecular flexibility index (Phi) is 4.28. The van der Waals surface area contributed by atoms with E-state index >= 15 is 0 Å². The van der Waals surface area contributed by atoms with Crippen LogP contribution in [0.5, 0.6) is 0 Å². The zero-order valence-electron chi connectivity index (χ0n) is 17.5. The van der Waals surface area contributed by atoms with Gasteiger partial charge in [0, 0.05) is 25.6 Å². The molecule has 2 aromatic heterocycles. The van der Waals surface area contributed by atoms with Crippen molar-refractivity contribution in [1.29, 1.82) is 0 Å². The maximum atomic E-state index is 11.9. The molecule has 2 saturated heterocycles. The molecule has 0 amide bonds. The number of ether oxygens (including phenoxy) is 1. The average molecular weight is 418 g/mol. The van der Waals surface area contributed by atoms with Crippen LogP contribution in [0, 0.1) is 0 Å². The van der Waals surface area contributed by atoms with Crippen molar-refractivity contribution >= 4 is 22.7 Å². The van der Waals surface area contributed by atoms with Gasteiger partial charge in [-0.2, -0.15) is 5.10 Å². The van der Waals surface area contributed by atoms with Crippen LogP contribution in [0.3, 0.4) is 0 Å². The van der Waals surface area contributed by atoms with Crippen LogP contribution in [0.15, 0.2) is 36.4 Å². The lowest BCUT2D eigenvalue weighted by Gasteiger charge is -2.53. The third-order valence-corrected chi connectivity index (χ3v) is 7.09.